The van der Waals surface area contributed by atoms with Gasteiger partial charge in [-0.3, -0.25) is 0 Å². The highest BCUT2D eigenvalue weighted by Crippen LogP contribution is 2.40. The number of halogens is 1. The van der Waals surface area contributed by atoms with Gasteiger partial charge in [-0.15, -0.1) is 22.7 Å². The van der Waals surface area contributed by atoms with E-state index in [2.05, 4.69) is 9.97 Å². The molecule has 4 rings (SSSR count). The Morgan fingerprint density at radius 2 is 1.82 bits per heavy atom. The molecule has 1 aromatic carbocycles. The quantitative estimate of drug-likeness (QED) is 0.567. The molecule has 3 heterocycles. The van der Waals surface area contributed by atoms with Gasteiger partial charge in [-0.25, -0.2) is 9.37 Å². The summed E-state index contributed by atoms with van der Waals surface area (Å²) in [6.07, 6.45) is 0. The van der Waals surface area contributed by atoms with Crippen molar-refractivity contribution in [3.8, 4) is 27.7 Å². The lowest BCUT2D eigenvalue weighted by molar-refractivity contribution is 0.460. The van der Waals surface area contributed by atoms with Gasteiger partial charge in [0, 0.05) is 21.4 Å². The third-order valence-corrected chi connectivity index (χ3v) is 5.08. The zero-order valence-corrected chi connectivity index (χ0v) is 12.8. The average molecular weight is 328 g/mol. The Morgan fingerprint density at radius 3 is 2.55 bits per heavy atom. The van der Waals surface area contributed by atoms with E-state index in [4.69, 9.17) is 0 Å². The standard InChI is InChI=1S/C16H9FN2OS2/c17-10-5-3-9(4-6-10)14-18-15(20)13-11(8-22-16(13)19-14)12-2-1-7-21-12/h1-8H,(H,18,19,20). The van der Waals surface area contributed by atoms with Crippen molar-refractivity contribution in [3.05, 3.63) is 53.0 Å². The highest BCUT2D eigenvalue weighted by atomic mass is 32.1. The summed E-state index contributed by atoms with van der Waals surface area (Å²) in [5, 5.41) is 14.9. The van der Waals surface area contributed by atoms with Crippen LogP contribution in [-0.4, -0.2) is 15.1 Å². The fraction of sp³-hybridized carbons (Fsp3) is 0. The molecule has 0 aliphatic carbocycles. The minimum Gasteiger partial charge on any atom is -0.493 e. The summed E-state index contributed by atoms with van der Waals surface area (Å²) in [6.45, 7) is 0. The summed E-state index contributed by atoms with van der Waals surface area (Å²) in [7, 11) is 0. The average Bonchev–Trinajstić information content (AvgIpc) is 3.16. The van der Waals surface area contributed by atoms with Crippen molar-refractivity contribution in [2.24, 2.45) is 0 Å². The SMILES string of the molecule is Oc1nc(-c2ccc(F)cc2)nc2scc(-c3cccs3)c12. The molecule has 0 aliphatic rings. The number of aromatic hydroxyl groups is 1. The number of hydrogen-bond donors (Lipinski definition) is 1. The summed E-state index contributed by atoms with van der Waals surface area (Å²) in [5.41, 5.74) is 1.61. The molecule has 0 saturated heterocycles. The highest BCUT2D eigenvalue weighted by Gasteiger charge is 2.16. The maximum absolute atomic E-state index is 13.0. The third-order valence-electron chi connectivity index (χ3n) is 3.30. The van der Waals surface area contributed by atoms with Crippen LogP contribution in [0.3, 0.4) is 0 Å². The molecule has 6 heteroatoms. The number of nitrogens with zero attached hydrogens (tertiary/aromatic N) is 2. The molecule has 0 radical (unpaired) electrons. The van der Waals surface area contributed by atoms with Crippen LogP contribution < -0.4 is 0 Å². The van der Waals surface area contributed by atoms with Crippen molar-refractivity contribution in [2.45, 2.75) is 0 Å². The van der Waals surface area contributed by atoms with Crippen molar-refractivity contribution in [1.82, 2.24) is 9.97 Å². The van der Waals surface area contributed by atoms with E-state index in [0.29, 0.717) is 16.8 Å². The summed E-state index contributed by atoms with van der Waals surface area (Å²) in [6, 6.07) is 9.87. The van der Waals surface area contributed by atoms with Crippen LogP contribution >= 0.6 is 22.7 Å². The number of aromatic nitrogens is 2. The van der Waals surface area contributed by atoms with E-state index < -0.39 is 0 Å². The molecule has 0 amide bonds. The molecule has 0 unspecified atom stereocenters. The van der Waals surface area contributed by atoms with E-state index in [-0.39, 0.29) is 11.7 Å². The van der Waals surface area contributed by atoms with E-state index >= 15 is 0 Å². The van der Waals surface area contributed by atoms with Crippen molar-refractivity contribution in [2.75, 3.05) is 0 Å². The normalized spacial score (nSPS) is 11.1. The second kappa shape index (κ2) is 5.15. The Morgan fingerprint density at radius 1 is 1.00 bits per heavy atom. The molecule has 4 aromatic rings. The molecular weight excluding hydrogens is 319 g/mol. The van der Waals surface area contributed by atoms with Gasteiger partial charge in [0.25, 0.3) is 0 Å². The molecule has 1 N–H and O–H groups in total. The Balaban J connectivity index is 1.90. The number of rotatable bonds is 2. The van der Waals surface area contributed by atoms with E-state index in [1.165, 1.54) is 23.5 Å². The smallest absolute Gasteiger partial charge is 0.224 e. The first-order valence-electron chi connectivity index (χ1n) is 6.50. The fourth-order valence-electron chi connectivity index (χ4n) is 2.26. The number of thiophene rings is 2. The number of hydrogen-bond acceptors (Lipinski definition) is 5. The van der Waals surface area contributed by atoms with Gasteiger partial charge < -0.3 is 5.11 Å². The molecule has 0 atom stereocenters. The molecule has 0 bridgehead atoms. The molecule has 3 nitrogen and oxygen atoms in total. The van der Waals surface area contributed by atoms with Crippen LogP contribution in [-0.2, 0) is 0 Å². The Hall–Kier alpha value is -2.31. The van der Waals surface area contributed by atoms with E-state index in [0.717, 1.165) is 15.3 Å². The van der Waals surface area contributed by atoms with Crippen LogP contribution in [0.4, 0.5) is 4.39 Å². The maximum atomic E-state index is 13.0. The summed E-state index contributed by atoms with van der Waals surface area (Å²) in [5.74, 6) is 0.0312. The molecule has 0 aliphatic heterocycles. The maximum Gasteiger partial charge on any atom is 0.224 e. The number of benzene rings is 1. The summed E-state index contributed by atoms with van der Waals surface area (Å²) in [4.78, 5) is 10.5. The van der Waals surface area contributed by atoms with Gasteiger partial charge in [-0.1, -0.05) is 6.07 Å². The Bertz CT molecular complexity index is 946. The minimum absolute atomic E-state index is 0.0472. The van der Waals surface area contributed by atoms with E-state index in [1.54, 1.807) is 23.5 Å². The summed E-state index contributed by atoms with van der Waals surface area (Å²) >= 11 is 3.06. The molecule has 3 aromatic heterocycles. The molecule has 108 valence electrons. The van der Waals surface area contributed by atoms with Crippen LogP contribution in [0.15, 0.2) is 47.2 Å². The van der Waals surface area contributed by atoms with E-state index in [1.807, 2.05) is 22.9 Å². The monoisotopic (exact) mass is 328 g/mol. The lowest BCUT2D eigenvalue weighted by Crippen LogP contribution is -1.90. The molecule has 0 fully saturated rings. The van der Waals surface area contributed by atoms with Gasteiger partial charge >= 0.3 is 0 Å². The molecule has 0 saturated carbocycles. The van der Waals surface area contributed by atoms with Crippen molar-refractivity contribution >= 4 is 32.9 Å². The van der Waals surface area contributed by atoms with Crippen LogP contribution in [0, 0.1) is 5.82 Å². The molecule has 22 heavy (non-hydrogen) atoms. The van der Waals surface area contributed by atoms with Crippen molar-refractivity contribution < 1.29 is 9.50 Å². The van der Waals surface area contributed by atoms with Crippen LogP contribution in [0.1, 0.15) is 0 Å². The van der Waals surface area contributed by atoms with Gasteiger partial charge in [0.1, 0.15) is 10.6 Å². The predicted molar refractivity (Wildman–Crippen MR) is 87.8 cm³/mol. The molecular formula is C16H9FN2OS2. The lowest BCUT2D eigenvalue weighted by atomic mass is 10.2. The van der Waals surface area contributed by atoms with Crippen LogP contribution in [0.5, 0.6) is 5.88 Å². The fourth-order valence-corrected chi connectivity index (χ4v) is 4.02. The van der Waals surface area contributed by atoms with Crippen LogP contribution in [0.25, 0.3) is 32.0 Å². The second-order valence-corrected chi connectivity index (χ2v) is 6.49. The Kier molecular flexibility index (Phi) is 3.13. The van der Waals surface area contributed by atoms with E-state index in [9.17, 15) is 9.50 Å². The second-order valence-electron chi connectivity index (χ2n) is 4.68. The summed E-state index contributed by atoms with van der Waals surface area (Å²) < 4.78 is 13.0. The number of fused-ring (bicyclic) bond motifs is 1. The Labute approximate surface area is 133 Å². The van der Waals surface area contributed by atoms with Gasteiger partial charge in [0.05, 0.1) is 5.39 Å². The minimum atomic E-state index is -0.315. The van der Waals surface area contributed by atoms with Gasteiger partial charge in [0.15, 0.2) is 5.82 Å². The zero-order valence-electron chi connectivity index (χ0n) is 11.2. The van der Waals surface area contributed by atoms with Crippen LogP contribution in [0.2, 0.25) is 0 Å². The topological polar surface area (TPSA) is 46.0 Å². The first kappa shape index (κ1) is 13.4. The highest BCUT2D eigenvalue weighted by molar-refractivity contribution is 7.18. The largest absolute Gasteiger partial charge is 0.493 e. The molecule has 0 spiro atoms. The predicted octanol–water partition coefficient (Wildman–Crippen LogP) is 4.93. The van der Waals surface area contributed by atoms with Gasteiger partial charge in [0.2, 0.25) is 5.88 Å². The third kappa shape index (κ3) is 2.17. The van der Waals surface area contributed by atoms with Crippen molar-refractivity contribution in [1.29, 1.82) is 0 Å². The zero-order chi connectivity index (χ0) is 15.1. The van der Waals surface area contributed by atoms with Crippen molar-refractivity contribution in [3.63, 3.8) is 0 Å². The van der Waals surface area contributed by atoms with Gasteiger partial charge in [-0.2, -0.15) is 4.98 Å². The lowest BCUT2D eigenvalue weighted by Gasteiger charge is -2.03. The van der Waals surface area contributed by atoms with Gasteiger partial charge in [-0.05, 0) is 35.7 Å². The first-order chi connectivity index (χ1) is 10.7. The first-order valence-corrected chi connectivity index (χ1v) is 8.26.